The summed E-state index contributed by atoms with van der Waals surface area (Å²) >= 11 is 0. The van der Waals surface area contributed by atoms with Gasteiger partial charge >= 0.3 is 5.97 Å². The van der Waals surface area contributed by atoms with Gasteiger partial charge in [-0.2, -0.15) is 0 Å². The summed E-state index contributed by atoms with van der Waals surface area (Å²) in [6.07, 6.45) is 0. The Morgan fingerprint density at radius 3 is 2.29 bits per heavy atom. The molecule has 1 N–H and O–H groups in total. The van der Waals surface area contributed by atoms with Crippen LogP contribution in [0, 0.1) is 0 Å². The van der Waals surface area contributed by atoms with E-state index in [0.717, 1.165) is 5.56 Å². The van der Waals surface area contributed by atoms with Crippen LogP contribution in [0.2, 0.25) is 0 Å². The van der Waals surface area contributed by atoms with E-state index in [0.29, 0.717) is 5.92 Å². The first-order valence-electron chi connectivity index (χ1n) is 6.62. The molecule has 3 nitrogen and oxygen atoms in total. The molecule has 0 atom stereocenters. The number of carbonyl (C=O) groups is 1. The van der Waals surface area contributed by atoms with Crippen molar-refractivity contribution >= 4 is 5.97 Å². The van der Waals surface area contributed by atoms with E-state index in [1.54, 1.807) is 18.2 Å². The molecule has 0 spiro atoms. The quantitative estimate of drug-likeness (QED) is 0.841. The number of ether oxygens (including phenoxy) is 1. The molecule has 0 saturated carbocycles. The zero-order valence-corrected chi connectivity index (χ0v) is 11.7. The number of phenols is 1. The summed E-state index contributed by atoms with van der Waals surface area (Å²) in [6.45, 7) is 4.46. The van der Waals surface area contributed by atoms with Crippen LogP contribution in [0.1, 0.15) is 48.7 Å². The zero-order valence-electron chi connectivity index (χ0n) is 11.7. The van der Waals surface area contributed by atoms with Crippen molar-refractivity contribution in [1.82, 2.24) is 0 Å². The lowest BCUT2D eigenvalue weighted by atomic mass is 10.0. The third kappa shape index (κ3) is 4.35. The number of aromatic hydroxyl groups is 1. The molecule has 0 aliphatic heterocycles. The normalized spacial score (nSPS) is 10.0. The van der Waals surface area contributed by atoms with E-state index < -0.39 is 5.97 Å². The van der Waals surface area contributed by atoms with Crippen LogP contribution in [-0.4, -0.2) is 11.1 Å². The van der Waals surface area contributed by atoms with E-state index >= 15 is 0 Å². The molecule has 0 aliphatic carbocycles. The molecular weight excluding hydrogens is 264 g/mol. The SMILES string of the molecule is C.CC(C)c1ccc(COC(=O)c2ccccc2O)cc1. The number of phenolic OH excluding ortho intramolecular Hbond substituents is 1. The summed E-state index contributed by atoms with van der Waals surface area (Å²) in [5, 5.41) is 9.57. The molecule has 2 aromatic rings. The highest BCUT2D eigenvalue weighted by Gasteiger charge is 2.11. The summed E-state index contributed by atoms with van der Waals surface area (Å²) in [5.74, 6) is -0.100. The van der Waals surface area contributed by atoms with E-state index in [9.17, 15) is 9.90 Å². The Kier molecular flexibility index (Phi) is 5.97. The van der Waals surface area contributed by atoms with Crippen LogP contribution in [0.3, 0.4) is 0 Å². The van der Waals surface area contributed by atoms with Gasteiger partial charge in [0.1, 0.15) is 17.9 Å². The van der Waals surface area contributed by atoms with Gasteiger partial charge in [0.25, 0.3) is 0 Å². The summed E-state index contributed by atoms with van der Waals surface area (Å²) in [6, 6.07) is 14.3. The molecule has 0 saturated heterocycles. The Morgan fingerprint density at radius 2 is 1.71 bits per heavy atom. The molecule has 0 radical (unpaired) electrons. The van der Waals surface area contributed by atoms with Gasteiger partial charge in [0.15, 0.2) is 0 Å². The second-order valence-corrected chi connectivity index (χ2v) is 4.99. The number of hydrogen-bond donors (Lipinski definition) is 1. The molecule has 0 unspecified atom stereocenters. The number of benzene rings is 2. The van der Waals surface area contributed by atoms with Crippen LogP contribution < -0.4 is 0 Å². The summed E-state index contributed by atoms with van der Waals surface area (Å²) < 4.78 is 5.20. The lowest BCUT2D eigenvalue weighted by molar-refractivity contribution is 0.0469. The first-order valence-corrected chi connectivity index (χ1v) is 6.62. The molecule has 2 rings (SSSR count). The first-order chi connectivity index (χ1) is 9.58. The third-order valence-electron chi connectivity index (χ3n) is 3.14. The average Bonchev–Trinajstić information content (AvgIpc) is 2.45. The Hall–Kier alpha value is -2.29. The van der Waals surface area contributed by atoms with Crippen molar-refractivity contribution in [1.29, 1.82) is 0 Å². The van der Waals surface area contributed by atoms with Crippen molar-refractivity contribution in [3.05, 3.63) is 65.2 Å². The number of carbonyl (C=O) groups excluding carboxylic acids is 1. The maximum atomic E-state index is 11.8. The predicted octanol–water partition coefficient (Wildman–Crippen LogP) is 4.51. The second kappa shape index (κ2) is 7.48. The van der Waals surface area contributed by atoms with Gasteiger partial charge in [0, 0.05) is 0 Å². The lowest BCUT2D eigenvalue weighted by Crippen LogP contribution is -2.05. The minimum absolute atomic E-state index is 0. The Morgan fingerprint density at radius 1 is 1.10 bits per heavy atom. The highest BCUT2D eigenvalue weighted by atomic mass is 16.5. The smallest absolute Gasteiger partial charge is 0.342 e. The van der Waals surface area contributed by atoms with Gasteiger partial charge in [0.05, 0.1) is 0 Å². The van der Waals surface area contributed by atoms with Crippen molar-refractivity contribution in [2.75, 3.05) is 0 Å². The number of para-hydroxylation sites is 1. The van der Waals surface area contributed by atoms with Crippen molar-refractivity contribution in [3.63, 3.8) is 0 Å². The molecular formula is C18H22O3. The molecule has 0 fully saturated rings. The second-order valence-electron chi connectivity index (χ2n) is 4.99. The summed E-state index contributed by atoms with van der Waals surface area (Å²) in [5.41, 5.74) is 2.37. The molecule has 0 amide bonds. The molecule has 0 bridgehead atoms. The van der Waals surface area contributed by atoms with E-state index in [1.165, 1.54) is 11.6 Å². The fourth-order valence-corrected chi connectivity index (χ4v) is 1.87. The summed E-state index contributed by atoms with van der Waals surface area (Å²) in [7, 11) is 0. The molecule has 0 heterocycles. The molecule has 3 heteroatoms. The Balaban J connectivity index is 0.00000220. The molecule has 2 aromatic carbocycles. The fourth-order valence-electron chi connectivity index (χ4n) is 1.87. The predicted molar refractivity (Wildman–Crippen MR) is 84.5 cm³/mol. The van der Waals surface area contributed by atoms with Gasteiger partial charge in [-0.15, -0.1) is 0 Å². The standard InChI is InChI=1S/C17H18O3.CH4/c1-12(2)14-9-7-13(8-10-14)11-20-17(19)15-5-3-4-6-16(15)18;/h3-10,12,18H,11H2,1-2H3;1H4. The van der Waals surface area contributed by atoms with Gasteiger partial charge in [0.2, 0.25) is 0 Å². The zero-order chi connectivity index (χ0) is 14.5. The highest BCUT2D eigenvalue weighted by Crippen LogP contribution is 2.18. The Labute approximate surface area is 126 Å². The van der Waals surface area contributed by atoms with Crippen LogP contribution in [0.15, 0.2) is 48.5 Å². The van der Waals surface area contributed by atoms with Crippen molar-refractivity contribution in [2.45, 2.75) is 33.8 Å². The van der Waals surface area contributed by atoms with Crippen LogP contribution in [0.5, 0.6) is 5.75 Å². The van der Waals surface area contributed by atoms with E-state index in [-0.39, 0.29) is 25.3 Å². The van der Waals surface area contributed by atoms with Gasteiger partial charge in [-0.1, -0.05) is 57.7 Å². The van der Waals surface area contributed by atoms with Gasteiger partial charge < -0.3 is 9.84 Å². The third-order valence-corrected chi connectivity index (χ3v) is 3.14. The highest BCUT2D eigenvalue weighted by molar-refractivity contribution is 5.92. The van der Waals surface area contributed by atoms with E-state index in [1.807, 2.05) is 24.3 Å². The van der Waals surface area contributed by atoms with Crippen LogP contribution >= 0.6 is 0 Å². The molecule has 112 valence electrons. The van der Waals surface area contributed by atoms with E-state index in [2.05, 4.69) is 13.8 Å². The number of esters is 1. The summed E-state index contributed by atoms with van der Waals surface area (Å²) in [4.78, 5) is 11.8. The molecule has 21 heavy (non-hydrogen) atoms. The van der Waals surface area contributed by atoms with Gasteiger partial charge in [-0.05, 0) is 29.2 Å². The average molecular weight is 286 g/mol. The number of rotatable bonds is 4. The van der Waals surface area contributed by atoms with Crippen LogP contribution in [-0.2, 0) is 11.3 Å². The molecule has 0 aromatic heterocycles. The topological polar surface area (TPSA) is 46.5 Å². The Bertz CT molecular complexity index is 586. The van der Waals surface area contributed by atoms with Gasteiger partial charge in [-0.3, -0.25) is 0 Å². The fraction of sp³-hybridized carbons (Fsp3) is 0.278. The van der Waals surface area contributed by atoms with Crippen molar-refractivity contribution in [3.8, 4) is 5.75 Å². The maximum absolute atomic E-state index is 11.8. The maximum Gasteiger partial charge on any atom is 0.342 e. The lowest BCUT2D eigenvalue weighted by Gasteiger charge is -2.08. The minimum Gasteiger partial charge on any atom is -0.507 e. The largest absolute Gasteiger partial charge is 0.507 e. The van der Waals surface area contributed by atoms with E-state index in [4.69, 9.17) is 4.74 Å². The first kappa shape index (κ1) is 16.8. The van der Waals surface area contributed by atoms with Crippen LogP contribution in [0.25, 0.3) is 0 Å². The van der Waals surface area contributed by atoms with Crippen molar-refractivity contribution in [2.24, 2.45) is 0 Å². The van der Waals surface area contributed by atoms with Gasteiger partial charge in [-0.25, -0.2) is 4.79 Å². The van der Waals surface area contributed by atoms with Crippen molar-refractivity contribution < 1.29 is 14.6 Å². The van der Waals surface area contributed by atoms with Crippen LogP contribution in [0.4, 0.5) is 0 Å². The molecule has 0 aliphatic rings. The number of hydrogen-bond acceptors (Lipinski definition) is 3. The minimum atomic E-state index is -0.518. The monoisotopic (exact) mass is 286 g/mol.